The molecule has 0 unspecified atom stereocenters. The second-order valence-corrected chi connectivity index (χ2v) is 9.42. The Morgan fingerprint density at radius 3 is 2.74 bits per heavy atom. The van der Waals surface area contributed by atoms with Crippen LogP contribution in [0.25, 0.3) is 6.08 Å². The van der Waals surface area contributed by atoms with E-state index >= 15 is 0 Å². The van der Waals surface area contributed by atoms with Crippen LogP contribution in [-0.4, -0.2) is 24.1 Å². The van der Waals surface area contributed by atoms with E-state index in [1.54, 1.807) is 31.4 Å². The van der Waals surface area contributed by atoms with Crippen molar-refractivity contribution in [3.8, 4) is 23.0 Å². The van der Waals surface area contributed by atoms with Crippen molar-refractivity contribution in [1.29, 1.82) is 0 Å². The van der Waals surface area contributed by atoms with Gasteiger partial charge in [0.05, 0.1) is 17.7 Å². The lowest BCUT2D eigenvalue weighted by atomic mass is 10.1. The molecule has 0 saturated carbocycles. The maximum atomic E-state index is 13.2. The first-order chi connectivity index (χ1) is 16.5. The molecule has 0 bridgehead atoms. The van der Waals surface area contributed by atoms with E-state index in [4.69, 9.17) is 31.2 Å². The van der Waals surface area contributed by atoms with Crippen molar-refractivity contribution in [1.82, 2.24) is 0 Å². The summed E-state index contributed by atoms with van der Waals surface area (Å²) in [5.74, 6) is 2.29. The third kappa shape index (κ3) is 4.47. The highest BCUT2D eigenvalue weighted by atomic mass is 32.2. The van der Waals surface area contributed by atoms with Crippen molar-refractivity contribution in [3.05, 3.63) is 82.3 Å². The molecular formula is C26H21NO5S2. The van der Waals surface area contributed by atoms with E-state index in [1.807, 2.05) is 43.3 Å². The Bertz CT molecular complexity index is 1320. The van der Waals surface area contributed by atoms with E-state index in [0.29, 0.717) is 44.5 Å². The fourth-order valence-electron chi connectivity index (χ4n) is 3.72. The quantitative estimate of drug-likeness (QED) is 0.323. The van der Waals surface area contributed by atoms with Gasteiger partial charge in [-0.25, -0.2) is 0 Å². The third-order valence-electron chi connectivity index (χ3n) is 5.37. The maximum Gasteiger partial charge on any atom is 0.270 e. The van der Waals surface area contributed by atoms with Gasteiger partial charge in [-0.3, -0.25) is 9.69 Å². The number of rotatable bonds is 6. The monoisotopic (exact) mass is 491 g/mol. The lowest BCUT2D eigenvalue weighted by Crippen LogP contribution is -2.27. The molecule has 0 spiro atoms. The molecule has 5 rings (SSSR count). The van der Waals surface area contributed by atoms with E-state index in [-0.39, 0.29) is 12.7 Å². The Kier molecular flexibility index (Phi) is 6.17. The molecule has 0 aliphatic carbocycles. The fraction of sp³-hybridized carbons (Fsp3) is 0.154. The van der Waals surface area contributed by atoms with Gasteiger partial charge in [-0.1, -0.05) is 59.9 Å². The van der Waals surface area contributed by atoms with Crippen LogP contribution in [0.2, 0.25) is 0 Å². The summed E-state index contributed by atoms with van der Waals surface area (Å²) in [5, 5.41) is 0. The minimum Gasteiger partial charge on any atom is -0.493 e. The summed E-state index contributed by atoms with van der Waals surface area (Å²) in [4.78, 5) is 15.2. The van der Waals surface area contributed by atoms with Crippen molar-refractivity contribution in [2.24, 2.45) is 0 Å². The number of thiocarbonyl (C=S) groups is 1. The molecule has 2 aliphatic rings. The fourth-order valence-corrected chi connectivity index (χ4v) is 5.02. The number of ether oxygens (including phenoxy) is 4. The van der Waals surface area contributed by atoms with Crippen LogP contribution in [0, 0.1) is 6.92 Å². The van der Waals surface area contributed by atoms with Gasteiger partial charge in [0.25, 0.3) is 5.91 Å². The molecule has 0 aromatic heterocycles. The van der Waals surface area contributed by atoms with Gasteiger partial charge in [-0.05, 0) is 48.4 Å². The molecule has 0 atom stereocenters. The Labute approximate surface area is 207 Å². The van der Waals surface area contributed by atoms with Crippen molar-refractivity contribution >= 4 is 46.0 Å². The van der Waals surface area contributed by atoms with Crippen LogP contribution in [0.4, 0.5) is 5.69 Å². The zero-order valence-corrected chi connectivity index (χ0v) is 20.2. The molecule has 1 saturated heterocycles. The summed E-state index contributed by atoms with van der Waals surface area (Å²) in [5.41, 5.74) is 3.72. The highest BCUT2D eigenvalue weighted by Gasteiger charge is 2.34. The number of methoxy groups -OCH3 is 1. The topological polar surface area (TPSA) is 57.2 Å². The molecule has 3 aromatic rings. The molecule has 8 heteroatoms. The van der Waals surface area contributed by atoms with Crippen molar-refractivity contribution in [3.63, 3.8) is 0 Å². The van der Waals surface area contributed by atoms with E-state index in [9.17, 15) is 4.79 Å². The van der Waals surface area contributed by atoms with E-state index < -0.39 is 0 Å². The maximum absolute atomic E-state index is 13.2. The summed E-state index contributed by atoms with van der Waals surface area (Å²) in [6, 6.07) is 19.1. The number of fused-ring (bicyclic) bond motifs is 1. The van der Waals surface area contributed by atoms with Gasteiger partial charge >= 0.3 is 0 Å². The summed E-state index contributed by atoms with van der Waals surface area (Å²) >= 11 is 6.75. The number of carbonyl (C=O) groups is 1. The van der Waals surface area contributed by atoms with Gasteiger partial charge in [0.2, 0.25) is 6.79 Å². The van der Waals surface area contributed by atoms with Crippen LogP contribution >= 0.6 is 24.0 Å². The number of anilines is 1. The van der Waals surface area contributed by atoms with Gasteiger partial charge in [0.15, 0.2) is 27.3 Å². The Hall–Kier alpha value is -3.49. The molecule has 34 heavy (non-hydrogen) atoms. The number of nitrogens with zero attached hydrogens (tertiary/aromatic N) is 1. The third-order valence-corrected chi connectivity index (χ3v) is 6.67. The van der Waals surface area contributed by atoms with E-state index in [2.05, 4.69) is 6.07 Å². The highest BCUT2D eigenvalue weighted by molar-refractivity contribution is 8.27. The van der Waals surface area contributed by atoms with Gasteiger partial charge < -0.3 is 18.9 Å². The van der Waals surface area contributed by atoms with Crippen LogP contribution in [0.5, 0.6) is 23.0 Å². The summed E-state index contributed by atoms with van der Waals surface area (Å²) < 4.78 is 22.8. The molecular weight excluding hydrogens is 470 g/mol. The SMILES string of the molecule is COc1cc(/C=C2\SC(=S)N(c3ccc4c(c3)OCO4)C2=O)ccc1OCc1cccc(C)c1. The van der Waals surface area contributed by atoms with Gasteiger partial charge in [-0.2, -0.15) is 0 Å². The lowest BCUT2D eigenvalue weighted by molar-refractivity contribution is -0.113. The molecule has 172 valence electrons. The van der Waals surface area contributed by atoms with Crippen LogP contribution < -0.4 is 23.8 Å². The molecule has 0 radical (unpaired) electrons. The van der Waals surface area contributed by atoms with E-state index in [1.165, 1.54) is 22.2 Å². The normalized spacial score (nSPS) is 15.8. The minimum atomic E-state index is -0.187. The summed E-state index contributed by atoms with van der Waals surface area (Å²) in [7, 11) is 1.59. The smallest absolute Gasteiger partial charge is 0.270 e. The predicted octanol–water partition coefficient (Wildman–Crippen LogP) is 5.72. The summed E-state index contributed by atoms with van der Waals surface area (Å²) in [6.07, 6.45) is 1.80. The van der Waals surface area contributed by atoms with Crippen molar-refractivity contribution in [2.75, 3.05) is 18.8 Å². The molecule has 3 aromatic carbocycles. The first kappa shape index (κ1) is 22.3. The molecule has 2 heterocycles. The number of benzene rings is 3. The zero-order chi connectivity index (χ0) is 23.7. The van der Waals surface area contributed by atoms with Gasteiger partial charge in [-0.15, -0.1) is 0 Å². The Morgan fingerprint density at radius 2 is 1.91 bits per heavy atom. The molecule has 1 fully saturated rings. The second-order valence-electron chi connectivity index (χ2n) is 7.74. The van der Waals surface area contributed by atoms with Crippen molar-refractivity contribution in [2.45, 2.75) is 13.5 Å². The number of carbonyl (C=O) groups excluding carboxylic acids is 1. The number of aryl methyl sites for hydroxylation is 1. The Balaban J connectivity index is 1.34. The number of thioether (sulfide) groups is 1. The lowest BCUT2D eigenvalue weighted by Gasteiger charge is -2.14. The average Bonchev–Trinajstić information content (AvgIpc) is 3.41. The molecule has 0 N–H and O–H groups in total. The number of amides is 1. The first-order valence-electron chi connectivity index (χ1n) is 10.6. The zero-order valence-electron chi connectivity index (χ0n) is 18.6. The van der Waals surface area contributed by atoms with E-state index in [0.717, 1.165) is 11.1 Å². The predicted molar refractivity (Wildman–Crippen MR) is 137 cm³/mol. The van der Waals surface area contributed by atoms with Gasteiger partial charge in [0, 0.05) is 6.07 Å². The number of hydrogen-bond donors (Lipinski definition) is 0. The average molecular weight is 492 g/mol. The molecule has 1 amide bonds. The standard InChI is InChI=1S/C26H21NO5S2/c1-16-4-3-5-18(10-16)14-30-20-8-6-17(11-22(20)29-2)12-24-25(28)27(26(33)34-24)19-7-9-21-23(13-19)32-15-31-21/h3-13H,14-15H2,1-2H3/b24-12-. The highest BCUT2D eigenvalue weighted by Crippen LogP contribution is 2.41. The Morgan fingerprint density at radius 1 is 1.06 bits per heavy atom. The van der Waals surface area contributed by atoms with Crippen LogP contribution in [0.1, 0.15) is 16.7 Å². The van der Waals surface area contributed by atoms with Crippen LogP contribution in [0.15, 0.2) is 65.6 Å². The molecule has 6 nitrogen and oxygen atoms in total. The summed E-state index contributed by atoms with van der Waals surface area (Å²) in [6.45, 7) is 2.66. The van der Waals surface area contributed by atoms with Crippen LogP contribution in [-0.2, 0) is 11.4 Å². The molecule has 2 aliphatic heterocycles. The largest absolute Gasteiger partial charge is 0.493 e. The van der Waals surface area contributed by atoms with Crippen LogP contribution in [0.3, 0.4) is 0 Å². The second kappa shape index (κ2) is 9.40. The minimum absolute atomic E-state index is 0.170. The van der Waals surface area contributed by atoms with Crippen molar-refractivity contribution < 1.29 is 23.7 Å². The van der Waals surface area contributed by atoms with Gasteiger partial charge in [0.1, 0.15) is 6.61 Å². The number of hydrogen-bond acceptors (Lipinski definition) is 7. The first-order valence-corrected chi connectivity index (χ1v) is 11.8.